The lowest BCUT2D eigenvalue weighted by atomic mass is 10.3. The fourth-order valence-corrected chi connectivity index (χ4v) is 3.88. The Bertz CT molecular complexity index is 545. The number of nitrogens with two attached hydrogens (primary N) is 1. The highest BCUT2D eigenvalue weighted by Gasteiger charge is 2.28. The van der Waals surface area contributed by atoms with Crippen molar-refractivity contribution in [2.24, 2.45) is 0 Å². The largest absolute Gasteiger partial charge is 0.399 e. The Balaban J connectivity index is 3.32. The Morgan fingerprint density at radius 2 is 2.05 bits per heavy atom. The predicted octanol–water partition coefficient (Wildman–Crippen LogP) is 1.56. The van der Waals surface area contributed by atoms with Crippen LogP contribution in [0.4, 0.5) is 10.1 Å². The molecule has 19 heavy (non-hydrogen) atoms. The van der Waals surface area contributed by atoms with Crippen molar-refractivity contribution in [3.05, 3.63) is 22.4 Å². The number of nitrogen functional groups attached to an aromatic ring is 1. The monoisotopic (exact) mass is 354 g/mol. The molecule has 5 nitrogen and oxygen atoms in total. The average Bonchev–Trinajstić information content (AvgIpc) is 2.33. The van der Waals surface area contributed by atoms with Crippen LogP contribution in [0.2, 0.25) is 0 Å². The van der Waals surface area contributed by atoms with E-state index in [-0.39, 0.29) is 29.9 Å². The zero-order chi connectivity index (χ0) is 14.6. The van der Waals surface area contributed by atoms with Gasteiger partial charge in [-0.05, 0) is 34.5 Å². The summed E-state index contributed by atoms with van der Waals surface area (Å²) in [5, 5.41) is 8.92. The molecule has 108 valence electrons. The molecular formula is C11H16BrFN2O3S. The van der Waals surface area contributed by atoms with Gasteiger partial charge >= 0.3 is 0 Å². The first-order valence-corrected chi connectivity index (χ1v) is 7.93. The van der Waals surface area contributed by atoms with Crippen LogP contribution in [-0.4, -0.2) is 37.5 Å². The molecule has 1 aromatic rings. The first kappa shape index (κ1) is 16.4. The van der Waals surface area contributed by atoms with E-state index in [1.165, 1.54) is 6.07 Å². The molecular weight excluding hydrogens is 339 g/mol. The summed E-state index contributed by atoms with van der Waals surface area (Å²) in [6.07, 6.45) is 0.560. The SMILES string of the molecule is CCCN(CCO)S(=O)(=O)c1cc(N)cc(Br)c1F. The van der Waals surface area contributed by atoms with Crippen molar-refractivity contribution in [3.8, 4) is 0 Å². The maximum atomic E-state index is 13.9. The molecule has 0 saturated heterocycles. The molecule has 0 aliphatic heterocycles. The molecule has 8 heteroatoms. The molecule has 3 N–H and O–H groups in total. The van der Waals surface area contributed by atoms with Crippen LogP contribution < -0.4 is 5.73 Å². The number of anilines is 1. The summed E-state index contributed by atoms with van der Waals surface area (Å²) < 4.78 is 39.7. The molecule has 0 amide bonds. The minimum atomic E-state index is -4.01. The number of aliphatic hydroxyl groups is 1. The van der Waals surface area contributed by atoms with Gasteiger partial charge in [0.15, 0.2) is 5.82 Å². The summed E-state index contributed by atoms with van der Waals surface area (Å²) in [7, 11) is -4.01. The number of hydrogen-bond donors (Lipinski definition) is 2. The molecule has 0 bridgehead atoms. The second kappa shape index (κ2) is 6.65. The topological polar surface area (TPSA) is 83.6 Å². The van der Waals surface area contributed by atoms with Crippen molar-refractivity contribution in [1.82, 2.24) is 4.31 Å². The van der Waals surface area contributed by atoms with Crippen LogP contribution in [0.15, 0.2) is 21.5 Å². The van der Waals surface area contributed by atoms with E-state index >= 15 is 0 Å². The van der Waals surface area contributed by atoms with Crippen LogP contribution >= 0.6 is 15.9 Å². The van der Waals surface area contributed by atoms with Crippen molar-refractivity contribution in [2.45, 2.75) is 18.2 Å². The van der Waals surface area contributed by atoms with Gasteiger partial charge in [-0.1, -0.05) is 6.92 Å². The third-order valence-corrected chi connectivity index (χ3v) is 4.93. The summed E-state index contributed by atoms with van der Waals surface area (Å²) in [4.78, 5) is -0.485. The standard InChI is InChI=1S/C11H16BrFN2O3S/c1-2-3-15(4-5-16)19(17,18)10-7-8(14)6-9(12)11(10)13/h6-7,16H,2-5,14H2,1H3. The lowest BCUT2D eigenvalue weighted by Crippen LogP contribution is -2.34. The second-order valence-corrected chi connectivity index (χ2v) is 6.70. The van der Waals surface area contributed by atoms with Crippen molar-refractivity contribution in [1.29, 1.82) is 0 Å². The number of nitrogens with zero attached hydrogens (tertiary/aromatic N) is 1. The molecule has 0 spiro atoms. The van der Waals surface area contributed by atoms with Crippen LogP contribution in [-0.2, 0) is 10.0 Å². The summed E-state index contributed by atoms with van der Waals surface area (Å²) in [5.41, 5.74) is 5.69. The van der Waals surface area contributed by atoms with Gasteiger partial charge in [0.25, 0.3) is 0 Å². The van der Waals surface area contributed by atoms with E-state index in [0.717, 1.165) is 10.4 Å². The maximum absolute atomic E-state index is 13.9. The van der Waals surface area contributed by atoms with E-state index in [1.54, 1.807) is 6.92 Å². The van der Waals surface area contributed by atoms with E-state index in [1.807, 2.05) is 0 Å². The van der Waals surface area contributed by atoms with Crippen LogP contribution in [0.5, 0.6) is 0 Å². The fourth-order valence-electron chi connectivity index (χ4n) is 1.62. The number of hydrogen-bond acceptors (Lipinski definition) is 4. The van der Waals surface area contributed by atoms with E-state index < -0.39 is 20.7 Å². The highest BCUT2D eigenvalue weighted by molar-refractivity contribution is 9.10. The summed E-state index contributed by atoms with van der Waals surface area (Å²) >= 11 is 2.93. The highest BCUT2D eigenvalue weighted by Crippen LogP contribution is 2.28. The average molecular weight is 355 g/mol. The predicted molar refractivity (Wildman–Crippen MR) is 74.6 cm³/mol. The van der Waals surface area contributed by atoms with Gasteiger partial charge < -0.3 is 10.8 Å². The second-order valence-electron chi connectivity index (χ2n) is 3.94. The van der Waals surface area contributed by atoms with E-state index in [0.29, 0.717) is 6.42 Å². The van der Waals surface area contributed by atoms with Gasteiger partial charge in [-0.3, -0.25) is 0 Å². The first-order chi connectivity index (χ1) is 8.84. The molecule has 0 radical (unpaired) electrons. The molecule has 0 saturated carbocycles. The van der Waals surface area contributed by atoms with Crippen molar-refractivity contribution >= 4 is 31.6 Å². The van der Waals surface area contributed by atoms with Crippen molar-refractivity contribution in [3.63, 3.8) is 0 Å². The van der Waals surface area contributed by atoms with Crippen LogP contribution in [0.25, 0.3) is 0 Å². The zero-order valence-electron chi connectivity index (χ0n) is 10.4. The van der Waals surface area contributed by atoms with Gasteiger partial charge in [-0.25, -0.2) is 12.8 Å². The van der Waals surface area contributed by atoms with Gasteiger partial charge in [0, 0.05) is 18.8 Å². The molecule has 0 atom stereocenters. The third-order valence-electron chi connectivity index (χ3n) is 2.46. The highest BCUT2D eigenvalue weighted by atomic mass is 79.9. The summed E-state index contributed by atoms with van der Waals surface area (Å²) in [5.74, 6) is -0.881. The number of rotatable bonds is 6. The van der Waals surface area contributed by atoms with Gasteiger partial charge in [-0.15, -0.1) is 0 Å². The van der Waals surface area contributed by atoms with Gasteiger partial charge in [0.1, 0.15) is 4.90 Å². The van der Waals surface area contributed by atoms with Gasteiger partial charge in [0.2, 0.25) is 10.0 Å². The molecule has 0 aliphatic rings. The molecule has 0 heterocycles. The Labute approximate surface area is 120 Å². The molecule has 1 aromatic carbocycles. The number of benzene rings is 1. The smallest absolute Gasteiger partial charge is 0.246 e. The van der Waals surface area contributed by atoms with Crippen LogP contribution in [0.3, 0.4) is 0 Å². The lowest BCUT2D eigenvalue weighted by molar-refractivity contribution is 0.253. The lowest BCUT2D eigenvalue weighted by Gasteiger charge is -2.21. The van der Waals surface area contributed by atoms with E-state index in [2.05, 4.69) is 15.9 Å². The number of halogens is 2. The minimum absolute atomic E-state index is 0.00785. The maximum Gasteiger partial charge on any atom is 0.246 e. The van der Waals surface area contributed by atoms with Gasteiger partial charge in [0.05, 0.1) is 11.1 Å². The van der Waals surface area contributed by atoms with Gasteiger partial charge in [-0.2, -0.15) is 4.31 Å². The zero-order valence-corrected chi connectivity index (χ0v) is 12.8. The third kappa shape index (κ3) is 3.65. The first-order valence-electron chi connectivity index (χ1n) is 5.70. The van der Waals surface area contributed by atoms with E-state index in [4.69, 9.17) is 10.8 Å². The quantitative estimate of drug-likeness (QED) is 0.759. The van der Waals surface area contributed by atoms with Crippen molar-refractivity contribution < 1.29 is 17.9 Å². The van der Waals surface area contributed by atoms with Crippen LogP contribution in [0.1, 0.15) is 13.3 Å². The van der Waals surface area contributed by atoms with E-state index in [9.17, 15) is 12.8 Å². The Kier molecular flexibility index (Phi) is 5.72. The molecule has 1 rings (SSSR count). The van der Waals surface area contributed by atoms with Crippen molar-refractivity contribution in [2.75, 3.05) is 25.4 Å². The fraction of sp³-hybridized carbons (Fsp3) is 0.455. The molecule has 0 aliphatic carbocycles. The normalized spacial score (nSPS) is 12.1. The number of sulfonamides is 1. The Hall–Kier alpha value is -0.700. The number of aliphatic hydroxyl groups excluding tert-OH is 1. The molecule has 0 fully saturated rings. The minimum Gasteiger partial charge on any atom is -0.399 e. The molecule has 0 unspecified atom stereocenters. The summed E-state index contributed by atoms with van der Waals surface area (Å²) in [6, 6.07) is 2.38. The summed E-state index contributed by atoms with van der Waals surface area (Å²) in [6.45, 7) is 1.59. The Morgan fingerprint density at radius 3 is 2.58 bits per heavy atom. The Morgan fingerprint density at radius 1 is 1.42 bits per heavy atom. The molecule has 0 aromatic heterocycles. The van der Waals surface area contributed by atoms with Crippen LogP contribution in [0, 0.1) is 5.82 Å².